The van der Waals surface area contributed by atoms with E-state index in [4.69, 9.17) is 9.47 Å². The van der Waals surface area contributed by atoms with Gasteiger partial charge in [-0.1, -0.05) is 0 Å². The molecule has 0 aliphatic heterocycles. The van der Waals surface area contributed by atoms with Gasteiger partial charge in [-0.15, -0.1) is 0 Å². The smallest absolute Gasteiger partial charge is 0.407 e. The Hall–Kier alpha value is -2.24. The number of hydrogen-bond donors (Lipinski definition) is 1. The van der Waals surface area contributed by atoms with Crippen LogP contribution in [0.25, 0.3) is 11.0 Å². The summed E-state index contributed by atoms with van der Waals surface area (Å²) >= 11 is 0. The highest BCUT2D eigenvalue weighted by Crippen LogP contribution is 2.19. The van der Waals surface area contributed by atoms with E-state index in [1.165, 1.54) is 0 Å². The lowest BCUT2D eigenvalue weighted by Crippen LogP contribution is -2.39. The van der Waals surface area contributed by atoms with Crippen LogP contribution in [0.1, 0.15) is 27.7 Å². The van der Waals surface area contributed by atoms with Crippen LogP contribution in [-0.2, 0) is 11.3 Å². The van der Waals surface area contributed by atoms with E-state index in [2.05, 4.69) is 10.3 Å². The molecular formula is C16H23N3O3. The Morgan fingerprint density at radius 1 is 1.45 bits per heavy atom. The highest BCUT2D eigenvalue weighted by atomic mass is 16.6. The van der Waals surface area contributed by atoms with E-state index in [0.29, 0.717) is 6.54 Å². The standard InChI is InChI=1S/C16H23N3O3/c1-11(18-15(20)22-16(2,3)4)10-19-7-6-12-8-13(21-5)9-17-14(12)19/h6-9,11H,10H2,1-5H3,(H,18,20)/t11-/m1/s1. The number of aromatic nitrogens is 2. The van der Waals surface area contributed by atoms with E-state index >= 15 is 0 Å². The third-order valence-electron chi connectivity index (χ3n) is 3.05. The second-order valence-corrected chi connectivity index (χ2v) is 6.30. The minimum Gasteiger partial charge on any atom is -0.495 e. The molecule has 0 saturated heterocycles. The summed E-state index contributed by atoms with van der Waals surface area (Å²) in [5, 5.41) is 3.83. The molecule has 120 valence electrons. The molecule has 2 aromatic heterocycles. The molecule has 2 heterocycles. The third kappa shape index (κ3) is 4.13. The zero-order chi connectivity index (χ0) is 16.3. The minimum atomic E-state index is -0.498. The van der Waals surface area contributed by atoms with Gasteiger partial charge in [0.2, 0.25) is 0 Å². The van der Waals surface area contributed by atoms with Crippen LogP contribution in [0, 0.1) is 0 Å². The molecule has 6 heteroatoms. The van der Waals surface area contributed by atoms with Crippen molar-refractivity contribution in [2.75, 3.05) is 7.11 Å². The predicted octanol–water partition coefficient (Wildman–Crippen LogP) is 2.96. The summed E-state index contributed by atoms with van der Waals surface area (Å²) in [7, 11) is 1.62. The summed E-state index contributed by atoms with van der Waals surface area (Å²) in [4.78, 5) is 16.2. The topological polar surface area (TPSA) is 65.4 Å². The molecule has 2 rings (SSSR count). The van der Waals surface area contributed by atoms with Crippen molar-refractivity contribution in [2.24, 2.45) is 0 Å². The molecule has 0 fully saturated rings. The summed E-state index contributed by atoms with van der Waals surface area (Å²) in [6.07, 6.45) is 3.22. The van der Waals surface area contributed by atoms with Gasteiger partial charge in [0.25, 0.3) is 0 Å². The Morgan fingerprint density at radius 2 is 2.18 bits per heavy atom. The highest BCUT2D eigenvalue weighted by Gasteiger charge is 2.18. The van der Waals surface area contributed by atoms with Crippen LogP contribution in [0.15, 0.2) is 24.5 Å². The lowest BCUT2D eigenvalue weighted by Gasteiger charge is -2.22. The molecule has 0 bridgehead atoms. The molecule has 0 aromatic carbocycles. The number of rotatable bonds is 4. The van der Waals surface area contributed by atoms with Gasteiger partial charge in [0.15, 0.2) is 0 Å². The summed E-state index contributed by atoms with van der Waals surface area (Å²) in [5.41, 5.74) is 0.362. The molecule has 0 radical (unpaired) electrons. The second kappa shape index (κ2) is 6.25. The van der Waals surface area contributed by atoms with E-state index in [1.54, 1.807) is 13.3 Å². The third-order valence-corrected chi connectivity index (χ3v) is 3.05. The molecule has 1 N–H and O–H groups in total. The predicted molar refractivity (Wildman–Crippen MR) is 85.1 cm³/mol. The maximum atomic E-state index is 11.8. The van der Waals surface area contributed by atoms with Crippen molar-refractivity contribution in [3.63, 3.8) is 0 Å². The number of methoxy groups -OCH3 is 1. The van der Waals surface area contributed by atoms with Crippen LogP contribution in [0.5, 0.6) is 5.75 Å². The van der Waals surface area contributed by atoms with Crippen LogP contribution in [0.3, 0.4) is 0 Å². The Bertz CT molecular complexity index is 658. The van der Waals surface area contributed by atoms with E-state index in [-0.39, 0.29) is 6.04 Å². The molecule has 1 atom stereocenters. The van der Waals surface area contributed by atoms with Gasteiger partial charge in [-0.2, -0.15) is 0 Å². The molecule has 0 unspecified atom stereocenters. The number of carbonyl (C=O) groups is 1. The number of alkyl carbamates (subject to hydrolysis) is 1. The fourth-order valence-electron chi connectivity index (χ4n) is 2.17. The van der Waals surface area contributed by atoms with Crippen LogP contribution < -0.4 is 10.1 Å². The first-order valence-corrected chi connectivity index (χ1v) is 7.27. The van der Waals surface area contributed by atoms with Crippen LogP contribution in [0.2, 0.25) is 0 Å². The van der Waals surface area contributed by atoms with Gasteiger partial charge in [0, 0.05) is 24.2 Å². The maximum absolute atomic E-state index is 11.8. The van der Waals surface area contributed by atoms with Crippen molar-refractivity contribution in [3.8, 4) is 5.75 Å². The molecule has 0 aliphatic carbocycles. The summed E-state index contributed by atoms with van der Waals surface area (Å²) in [6, 6.07) is 3.84. The molecule has 22 heavy (non-hydrogen) atoms. The molecule has 0 aliphatic rings. The molecule has 0 saturated carbocycles. The summed E-state index contributed by atoms with van der Waals surface area (Å²) in [5.74, 6) is 0.727. The Labute approximate surface area is 130 Å². The van der Waals surface area contributed by atoms with Gasteiger partial charge >= 0.3 is 6.09 Å². The van der Waals surface area contributed by atoms with Gasteiger partial charge < -0.3 is 19.4 Å². The lowest BCUT2D eigenvalue weighted by atomic mass is 10.2. The monoisotopic (exact) mass is 305 g/mol. The number of nitrogens with zero attached hydrogens (tertiary/aromatic N) is 2. The van der Waals surface area contributed by atoms with Crippen molar-refractivity contribution in [1.82, 2.24) is 14.9 Å². The first kappa shape index (κ1) is 16.1. The Balaban J connectivity index is 2.03. The first-order chi connectivity index (χ1) is 10.3. The molecule has 1 amide bonds. The van der Waals surface area contributed by atoms with E-state index in [9.17, 15) is 4.79 Å². The number of pyridine rings is 1. The molecular weight excluding hydrogens is 282 g/mol. The van der Waals surface area contributed by atoms with Crippen LogP contribution in [0.4, 0.5) is 4.79 Å². The quantitative estimate of drug-likeness (QED) is 0.943. The summed E-state index contributed by atoms with van der Waals surface area (Å²) < 4.78 is 12.4. The number of ether oxygens (including phenoxy) is 2. The number of fused-ring (bicyclic) bond motifs is 1. The zero-order valence-electron chi connectivity index (χ0n) is 13.7. The minimum absolute atomic E-state index is 0.0747. The first-order valence-electron chi connectivity index (χ1n) is 7.27. The van der Waals surface area contributed by atoms with Crippen LogP contribution in [-0.4, -0.2) is 34.4 Å². The van der Waals surface area contributed by atoms with Gasteiger partial charge in [0.1, 0.15) is 17.0 Å². The lowest BCUT2D eigenvalue weighted by molar-refractivity contribution is 0.0504. The van der Waals surface area contributed by atoms with Crippen LogP contribution >= 0.6 is 0 Å². The average Bonchev–Trinajstić information content (AvgIpc) is 2.78. The van der Waals surface area contributed by atoms with Gasteiger partial charge in [-0.3, -0.25) is 0 Å². The van der Waals surface area contributed by atoms with E-state index in [1.807, 2.05) is 50.6 Å². The molecule has 2 aromatic rings. The average molecular weight is 305 g/mol. The van der Waals surface area contributed by atoms with Crippen molar-refractivity contribution in [3.05, 3.63) is 24.5 Å². The van der Waals surface area contributed by atoms with E-state index < -0.39 is 11.7 Å². The number of hydrogen-bond acceptors (Lipinski definition) is 4. The van der Waals surface area contributed by atoms with Crippen molar-refractivity contribution in [2.45, 2.75) is 45.9 Å². The maximum Gasteiger partial charge on any atom is 0.407 e. The van der Waals surface area contributed by atoms with Gasteiger partial charge in [-0.25, -0.2) is 9.78 Å². The Kier molecular flexibility index (Phi) is 4.59. The van der Waals surface area contributed by atoms with Gasteiger partial charge in [0.05, 0.1) is 13.3 Å². The van der Waals surface area contributed by atoms with Crippen molar-refractivity contribution >= 4 is 17.1 Å². The fourth-order valence-corrected chi connectivity index (χ4v) is 2.17. The van der Waals surface area contributed by atoms with Gasteiger partial charge in [-0.05, 0) is 39.8 Å². The second-order valence-electron chi connectivity index (χ2n) is 6.30. The number of nitrogens with one attached hydrogen (secondary N) is 1. The van der Waals surface area contributed by atoms with Crippen molar-refractivity contribution in [1.29, 1.82) is 0 Å². The molecule has 0 spiro atoms. The zero-order valence-corrected chi connectivity index (χ0v) is 13.7. The summed E-state index contributed by atoms with van der Waals surface area (Å²) in [6.45, 7) is 8.07. The highest BCUT2D eigenvalue weighted by molar-refractivity contribution is 5.77. The normalized spacial score (nSPS) is 13.0. The fraction of sp³-hybridized carbons (Fsp3) is 0.500. The number of amides is 1. The molecule has 6 nitrogen and oxygen atoms in total. The number of carbonyl (C=O) groups excluding carboxylic acids is 1. The van der Waals surface area contributed by atoms with E-state index in [0.717, 1.165) is 16.8 Å². The Morgan fingerprint density at radius 3 is 2.82 bits per heavy atom. The largest absolute Gasteiger partial charge is 0.495 e. The van der Waals surface area contributed by atoms with Crippen molar-refractivity contribution < 1.29 is 14.3 Å². The SMILES string of the molecule is COc1cnc2c(ccn2C[C@@H](C)NC(=O)OC(C)(C)C)c1.